The van der Waals surface area contributed by atoms with Crippen LogP contribution in [0.4, 0.5) is 0 Å². The molecule has 28 heavy (non-hydrogen) atoms. The normalized spacial score (nSPS) is 13.2. The van der Waals surface area contributed by atoms with Gasteiger partial charge < -0.3 is 43.4 Å². The van der Waals surface area contributed by atoms with E-state index in [1.807, 2.05) is 0 Å². The minimum atomic E-state index is 0.638. The van der Waals surface area contributed by atoms with Crippen LogP contribution in [0.15, 0.2) is 0 Å². The molecule has 0 aromatic heterocycles. The van der Waals surface area contributed by atoms with Crippen molar-refractivity contribution in [2.45, 2.75) is 32.6 Å². The van der Waals surface area contributed by atoms with Crippen molar-refractivity contribution >= 4 is 0 Å². The molecule has 8 heteroatoms. The van der Waals surface area contributed by atoms with Crippen LogP contribution >= 0.6 is 0 Å². The highest BCUT2D eigenvalue weighted by Gasteiger charge is 2.14. The first-order valence-corrected chi connectivity index (χ1v) is 11.3. The smallest absolute Gasteiger partial charge is 0.0110 e. The van der Waals surface area contributed by atoms with Gasteiger partial charge in [-0.05, 0) is 57.8 Å². The second-order valence-corrected chi connectivity index (χ2v) is 7.70. The fourth-order valence-corrected chi connectivity index (χ4v) is 3.73. The maximum absolute atomic E-state index is 5.88. The summed E-state index contributed by atoms with van der Waals surface area (Å²) in [6.07, 6.45) is 4.56. The van der Waals surface area contributed by atoms with Crippen molar-refractivity contribution in [3.8, 4) is 0 Å². The molecule has 0 aliphatic rings. The van der Waals surface area contributed by atoms with E-state index in [1.54, 1.807) is 0 Å². The Bertz CT molecular complexity index is 277. The largest absolute Gasteiger partial charge is 0.330 e. The van der Waals surface area contributed by atoms with E-state index in [2.05, 4.69) is 21.6 Å². The highest BCUT2D eigenvalue weighted by molar-refractivity contribution is 4.70. The number of nitrogens with two attached hydrogens (primary N) is 5. The van der Waals surface area contributed by atoms with Crippen LogP contribution in [-0.4, -0.2) is 106 Å². The van der Waals surface area contributed by atoms with Gasteiger partial charge >= 0.3 is 0 Å². The van der Waals surface area contributed by atoms with Gasteiger partial charge in [-0.3, -0.25) is 0 Å². The molecular formula is C20H50N8. The molecular weight excluding hydrogens is 352 g/mol. The first-order valence-electron chi connectivity index (χ1n) is 11.3. The van der Waals surface area contributed by atoms with Crippen molar-refractivity contribution < 1.29 is 0 Å². The third-order valence-electron chi connectivity index (χ3n) is 5.34. The molecule has 0 amide bonds. The zero-order valence-corrected chi connectivity index (χ0v) is 18.5. The maximum Gasteiger partial charge on any atom is 0.0110 e. The average Bonchev–Trinajstić information content (AvgIpc) is 2.68. The minimum Gasteiger partial charge on any atom is -0.330 e. The van der Waals surface area contributed by atoms with Gasteiger partial charge in [0.15, 0.2) is 0 Å². The standard InChI is InChI=1S/C20H50N8/c1-2-11-26(14-7-22)18-19-28(17-10-25)13-5-20(3-6-21)4-12-27(15-8-23)16-9-24/h20H,2-19,21-25H2,1H3. The van der Waals surface area contributed by atoms with E-state index >= 15 is 0 Å². The van der Waals surface area contributed by atoms with Crippen LogP contribution < -0.4 is 28.7 Å². The molecule has 0 aliphatic carbocycles. The lowest BCUT2D eigenvalue weighted by Gasteiger charge is -2.29. The maximum atomic E-state index is 5.88. The van der Waals surface area contributed by atoms with Crippen LogP contribution in [-0.2, 0) is 0 Å². The number of nitrogens with zero attached hydrogens (tertiary/aromatic N) is 3. The molecule has 0 spiro atoms. The van der Waals surface area contributed by atoms with Gasteiger partial charge in [0, 0.05) is 65.4 Å². The molecule has 0 aromatic rings. The predicted molar refractivity (Wildman–Crippen MR) is 122 cm³/mol. The predicted octanol–water partition coefficient (Wildman–Crippen LogP) is -1.12. The fraction of sp³-hybridized carbons (Fsp3) is 1.00. The van der Waals surface area contributed by atoms with Gasteiger partial charge in [-0.25, -0.2) is 0 Å². The highest BCUT2D eigenvalue weighted by atomic mass is 15.2. The average molecular weight is 403 g/mol. The van der Waals surface area contributed by atoms with E-state index in [0.29, 0.717) is 25.6 Å². The Kier molecular flexibility index (Phi) is 19.7. The first-order chi connectivity index (χ1) is 13.6. The quantitative estimate of drug-likeness (QED) is 0.163. The van der Waals surface area contributed by atoms with E-state index in [9.17, 15) is 0 Å². The third-order valence-corrected chi connectivity index (χ3v) is 5.34. The summed E-state index contributed by atoms with van der Waals surface area (Å²) in [7, 11) is 0. The Morgan fingerprint density at radius 3 is 1.21 bits per heavy atom. The van der Waals surface area contributed by atoms with Crippen LogP contribution in [0.3, 0.4) is 0 Å². The lowest BCUT2D eigenvalue weighted by Crippen LogP contribution is -2.40. The zero-order valence-electron chi connectivity index (χ0n) is 18.5. The molecule has 0 saturated carbocycles. The van der Waals surface area contributed by atoms with E-state index in [0.717, 1.165) is 91.3 Å². The van der Waals surface area contributed by atoms with E-state index in [4.69, 9.17) is 28.7 Å². The summed E-state index contributed by atoms with van der Waals surface area (Å²) in [5, 5.41) is 0. The Labute approximate surface area is 174 Å². The van der Waals surface area contributed by atoms with Crippen LogP contribution in [0.5, 0.6) is 0 Å². The SMILES string of the molecule is CCCN(CCN)CCN(CCN)CCC(CCN)CCN(CCN)CCN. The number of hydrogen-bond acceptors (Lipinski definition) is 8. The highest BCUT2D eigenvalue weighted by Crippen LogP contribution is 2.15. The molecule has 0 radical (unpaired) electrons. The molecule has 0 heterocycles. The molecule has 170 valence electrons. The van der Waals surface area contributed by atoms with Crippen LogP contribution in [0.1, 0.15) is 32.6 Å². The Hall–Kier alpha value is -0.320. The second kappa shape index (κ2) is 20.0. The van der Waals surface area contributed by atoms with Crippen molar-refractivity contribution in [3.63, 3.8) is 0 Å². The molecule has 1 unspecified atom stereocenters. The molecule has 1 atom stereocenters. The molecule has 8 nitrogen and oxygen atoms in total. The summed E-state index contributed by atoms with van der Waals surface area (Å²) < 4.78 is 0. The molecule has 0 aromatic carbocycles. The van der Waals surface area contributed by atoms with Crippen LogP contribution in [0.2, 0.25) is 0 Å². The summed E-state index contributed by atoms with van der Waals surface area (Å²) >= 11 is 0. The van der Waals surface area contributed by atoms with Gasteiger partial charge in [0.2, 0.25) is 0 Å². The van der Waals surface area contributed by atoms with Crippen molar-refractivity contribution in [1.82, 2.24) is 14.7 Å². The topological polar surface area (TPSA) is 140 Å². The number of hydrogen-bond donors (Lipinski definition) is 5. The minimum absolute atomic E-state index is 0.638. The molecule has 0 aliphatic heterocycles. The monoisotopic (exact) mass is 402 g/mol. The van der Waals surface area contributed by atoms with Crippen molar-refractivity contribution in [2.24, 2.45) is 34.6 Å². The molecule has 10 N–H and O–H groups in total. The third kappa shape index (κ3) is 14.6. The first kappa shape index (κ1) is 27.7. The Morgan fingerprint density at radius 1 is 0.464 bits per heavy atom. The summed E-state index contributed by atoms with van der Waals surface area (Å²) in [6, 6.07) is 0. The van der Waals surface area contributed by atoms with Gasteiger partial charge in [0.25, 0.3) is 0 Å². The Morgan fingerprint density at radius 2 is 0.857 bits per heavy atom. The zero-order chi connectivity index (χ0) is 21.0. The lowest BCUT2D eigenvalue weighted by atomic mass is 9.96. The van der Waals surface area contributed by atoms with E-state index in [1.165, 1.54) is 6.42 Å². The van der Waals surface area contributed by atoms with Gasteiger partial charge in [-0.15, -0.1) is 0 Å². The fourth-order valence-electron chi connectivity index (χ4n) is 3.73. The van der Waals surface area contributed by atoms with Crippen LogP contribution in [0, 0.1) is 5.92 Å². The van der Waals surface area contributed by atoms with E-state index in [-0.39, 0.29) is 0 Å². The van der Waals surface area contributed by atoms with Crippen molar-refractivity contribution in [2.75, 3.05) is 91.6 Å². The second-order valence-electron chi connectivity index (χ2n) is 7.70. The Balaban J connectivity index is 4.49. The summed E-state index contributed by atoms with van der Waals surface area (Å²) in [5.41, 5.74) is 28.9. The van der Waals surface area contributed by atoms with Gasteiger partial charge in [-0.2, -0.15) is 0 Å². The van der Waals surface area contributed by atoms with Crippen molar-refractivity contribution in [3.05, 3.63) is 0 Å². The van der Waals surface area contributed by atoms with Crippen LogP contribution in [0.25, 0.3) is 0 Å². The summed E-state index contributed by atoms with van der Waals surface area (Å²) in [4.78, 5) is 7.33. The molecule has 0 bridgehead atoms. The lowest BCUT2D eigenvalue weighted by molar-refractivity contribution is 0.192. The van der Waals surface area contributed by atoms with Gasteiger partial charge in [-0.1, -0.05) is 6.92 Å². The summed E-state index contributed by atoms with van der Waals surface area (Å²) in [6.45, 7) is 14.9. The van der Waals surface area contributed by atoms with Gasteiger partial charge in [0.05, 0.1) is 0 Å². The summed E-state index contributed by atoms with van der Waals surface area (Å²) in [5.74, 6) is 0.638. The molecule has 0 saturated heterocycles. The van der Waals surface area contributed by atoms with Crippen molar-refractivity contribution in [1.29, 1.82) is 0 Å². The number of rotatable bonds is 21. The molecule has 0 fully saturated rings. The van der Waals surface area contributed by atoms with Gasteiger partial charge in [0.1, 0.15) is 0 Å². The molecule has 0 rings (SSSR count). The van der Waals surface area contributed by atoms with E-state index < -0.39 is 0 Å².